The summed E-state index contributed by atoms with van der Waals surface area (Å²) in [4.78, 5) is 66.7. The van der Waals surface area contributed by atoms with Crippen molar-refractivity contribution in [2.45, 2.75) is 171 Å². The lowest BCUT2D eigenvalue weighted by molar-refractivity contribution is -0.236. The second kappa shape index (κ2) is 14.8. The largest absolute Gasteiger partial charge is 0.464 e. The highest BCUT2D eigenvalue weighted by atomic mass is 19.4. The van der Waals surface area contributed by atoms with Gasteiger partial charge in [-0.1, -0.05) is 88.3 Å². The van der Waals surface area contributed by atoms with Crippen LogP contribution in [0.2, 0.25) is 0 Å². The molecule has 1 aromatic rings. The first kappa shape index (κ1) is 45.5. The summed E-state index contributed by atoms with van der Waals surface area (Å²) >= 11 is 0. The molecule has 1 amide bonds. The molecule has 0 aliphatic heterocycles. The van der Waals surface area contributed by atoms with Crippen LogP contribution < -0.4 is 5.32 Å². The van der Waals surface area contributed by atoms with Crippen LogP contribution in [0.1, 0.15) is 163 Å². The van der Waals surface area contributed by atoms with Gasteiger partial charge in [0.05, 0.1) is 22.4 Å². The number of esters is 1. The molecule has 6 aliphatic carbocycles. The Bertz CT molecular complexity index is 2020. The van der Waals surface area contributed by atoms with Crippen LogP contribution in [0.15, 0.2) is 35.4 Å². The van der Waals surface area contributed by atoms with Crippen LogP contribution in [0.4, 0.5) is 13.2 Å². The molecule has 7 rings (SSSR count). The molecule has 0 radical (unpaired) electrons. The van der Waals surface area contributed by atoms with Crippen molar-refractivity contribution in [3.63, 3.8) is 0 Å². The highest BCUT2D eigenvalue weighted by molar-refractivity contribution is 6.03. The number of nitrogens with one attached hydrogen (secondary N) is 1. The molecular weight excluding hydrogens is 784 g/mol. The Balaban J connectivity index is 1.12. The van der Waals surface area contributed by atoms with Gasteiger partial charge < -0.3 is 14.8 Å². The second-order valence-corrected chi connectivity index (χ2v) is 22.9. The van der Waals surface area contributed by atoms with E-state index in [1.165, 1.54) is 0 Å². The highest BCUT2D eigenvalue weighted by Crippen LogP contribution is 2.76. The molecule has 0 saturated heterocycles. The summed E-state index contributed by atoms with van der Waals surface area (Å²) in [5, 5.41) is 3.40. The molecular formula is C50H68F3NO7. The number of hydrogen-bond acceptors (Lipinski definition) is 7. The Morgan fingerprint density at radius 2 is 1.49 bits per heavy atom. The monoisotopic (exact) mass is 851 g/mol. The molecule has 1 aromatic carbocycles. The van der Waals surface area contributed by atoms with Gasteiger partial charge in [0.25, 0.3) is 6.47 Å². The van der Waals surface area contributed by atoms with E-state index in [9.17, 15) is 37.1 Å². The van der Waals surface area contributed by atoms with Crippen molar-refractivity contribution >= 4 is 29.9 Å². The number of carbonyl (C=O) groups excluding carboxylic acids is 5. The van der Waals surface area contributed by atoms with Gasteiger partial charge in [0.2, 0.25) is 5.91 Å². The molecule has 61 heavy (non-hydrogen) atoms. The average Bonchev–Trinajstić information content (AvgIpc) is 3.45. The van der Waals surface area contributed by atoms with Crippen molar-refractivity contribution < 1.29 is 46.6 Å². The molecule has 0 aromatic heterocycles. The Kier molecular flexibility index (Phi) is 11.0. The van der Waals surface area contributed by atoms with Crippen molar-refractivity contribution in [3.05, 3.63) is 46.5 Å². The number of ketones is 2. The molecule has 0 heterocycles. The number of ether oxygens (including phenoxy) is 2. The number of benzene rings is 1. The zero-order valence-corrected chi connectivity index (χ0v) is 38.2. The van der Waals surface area contributed by atoms with Gasteiger partial charge in [-0.2, -0.15) is 13.2 Å². The summed E-state index contributed by atoms with van der Waals surface area (Å²) in [5.74, 6) is -0.426. The number of halogens is 3. The molecule has 6 aliphatic rings. The summed E-state index contributed by atoms with van der Waals surface area (Å²) in [7, 11) is 0. The van der Waals surface area contributed by atoms with E-state index in [0.29, 0.717) is 31.1 Å². The van der Waals surface area contributed by atoms with Crippen molar-refractivity contribution in [3.8, 4) is 0 Å². The summed E-state index contributed by atoms with van der Waals surface area (Å²) in [6.45, 7) is 23.9. The lowest BCUT2D eigenvalue weighted by Gasteiger charge is -2.72. The minimum absolute atomic E-state index is 0.000836. The van der Waals surface area contributed by atoms with Gasteiger partial charge in [0.15, 0.2) is 11.6 Å². The summed E-state index contributed by atoms with van der Waals surface area (Å²) in [6.07, 6.45) is 2.48. The standard InChI is InChI=1S/C50H68F3NO7/c1-28(2)39-34(57)26-49(54-42(59)43(3,4)25-33(56)29-12-14-30(15-13-29)50(51,52)53)23-22-47(10)31(40(39)49)16-17-36-46(9)20-19-37(45(7,8)35(46)18-21-48(36,47)11)61-41(58)32-24-38(60-27-55)44(32,5)6/h12-15,27-28,31-32,35-38H,16-26H2,1-11H3,(H,54,59)/t31-,32-,35+,36-,37+,38-,46+,47-,48-,49-/m1/s1. The van der Waals surface area contributed by atoms with Gasteiger partial charge >= 0.3 is 12.1 Å². The molecule has 11 heteroatoms. The summed E-state index contributed by atoms with van der Waals surface area (Å²) in [5.41, 5.74) is -1.82. The van der Waals surface area contributed by atoms with Crippen LogP contribution in [0.5, 0.6) is 0 Å². The molecule has 5 fully saturated rings. The van der Waals surface area contributed by atoms with Crippen LogP contribution in [-0.2, 0) is 34.8 Å². The van der Waals surface area contributed by atoms with Crippen molar-refractivity contribution in [2.24, 2.45) is 62.1 Å². The maximum absolute atomic E-state index is 14.4. The Hall–Kier alpha value is -3.50. The second-order valence-electron chi connectivity index (χ2n) is 22.9. The highest BCUT2D eigenvalue weighted by Gasteiger charge is 2.71. The summed E-state index contributed by atoms with van der Waals surface area (Å²) in [6, 6.07) is 4.10. The smallest absolute Gasteiger partial charge is 0.416 e. The normalized spacial score (nSPS) is 37.7. The zero-order chi connectivity index (χ0) is 45.1. The van der Waals surface area contributed by atoms with Gasteiger partial charge in [-0.05, 0) is 121 Å². The third kappa shape index (κ3) is 6.94. The quantitative estimate of drug-likeness (QED) is 0.142. The van der Waals surface area contributed by atoms with Crippen LogP contribution in [0.25, 0.3) is 0 Å². The fourth-order valence-electron chi connectivity index (χ4n) is 14.6. The number of Topliss-reactive ketones (excluding diaryl/α,β-unsaturated/α-hetero) is 2. The first-order valence-electron chi connectivity index (χ1n) is 22.7. The third-order valence-corrected chi connectivity index (χ3v) is 18.4. The fraction of sp³-hybridized carbons (Fsp3) is 0.740. The van der Waals surface area contributed by atoms with Gasteiger partial charge in [0.1, 0.15) is 12.2 Å². The number of hydrogen-bond donors (Lipinski definition) is 1. The zero-order valence-electron chi connectivity index (χ0n) is 38.2. The number of rotatable bonds is 10. The number of allylic oxidation sites excluding steroid dienone is 1. The lowest BCUT2D eigenvalue weighted by atomic mass is 9.33. The molecule has 5 saturated carbocycles. The van der Waals surface area contributed by atoms with E-state index in [1.54, 1.807) is 13.8 Å². The molecule has 0 bridgehead atoms. The lowest BCUT2D eigenvalue weighted by Crippen LogP contribution is -2.67. The van der Waals surface area contributed by atoms with E-state index in [4.69, 9.17) is 9.47 Å². The Morgan fingerprint density at radius 3 is 2.08 bits per heavy atom. The number of amides is 1. The molecule has 10 atom stereocenters. The first-order chi connectivity index (χ1) is 28.1. The first-order valence-corrected chi connectivity index (χ1v) is 22.7. The van der Waals surface area contributed by atoms with Gasteiger partial charge in [0, 0.05) is 29.2 Å². The third-order valence-electron chi connectivity index (χ3n) is 18.4. The van der Waals surface area contributed by atoms with Crippen molar-refractivity contribution in [2.75, 3.05) is 0 Å². The van der Waals surface area contributed by atoms with Gasteiger partial charge in [-0.15, -0.1) is 0 Å². The fourth-order valence-corrected chi connectivity index (χ4v) is 14.6. The van der Waals surface area contributed by atoms with E-state index in [-0.39, 0.29) is 87.7 Å². The average molecular weight is 852 g/mol. The maximum Gasteiger partial charge on any atom is 0.416 e. The predicted octanol–water partition coefficient (Wildman–Crippen LogP) is 10.7. The molecule has 0 spiro atoms. The van der Waals surface area contributed by atoms with Gasteiger partial charge in [-0.25, -0.2) is 0 Å². The van der Waals surface area contributed by atoms with Crippen molar-refractivity contribution in [1.82, 2.24) is 5.32 Å². The number of fused-ring (bicyclic) bond motifs is 7. The van der Waals surface area contributed by atoms with Gasteiger partial charge in [-0.3, -0.25) is 24.0 Å². The van der Waals surface area contributed by atoms with E-state index in [2.05, 4.69) is 53.8 Å². The molecule has 336 valence electrons. The SMILES string of the molecule is CC(C)C1=C2[C@H]3CC[C@@H]4[C@@]5(C)CC[C@H](OC(=O)[C@H]6C[C@@H](OC=O)C6(C)C)C(C)(C)[C@@H]5CC[C@@]4(C)[C@]3(C)CC[C@@]2(NC(=O)C(C)(C)CC(=O)c2ccc(C(F)(F)F)cc2)CC1=O. The van der Waals surface area contributed by atoms with E-state index in [1.807, 2.05) is 13.8 Å². The maximum atomic E-state index is 14.4. The van der Waals surface area contributed by atoms with E-state index in [0.717, 1.165) is 80.4 Å². The Morgan fingerprint density at radius 1 is 0.836 bits per heavy atom. The van der Waals surface area contributed by atoms with E-state index < -0.39 is 33.9 Å². The molecule has 0 unspecified atom stereocenters. The van der Waals surface area contributed by atoms with Crippen LogP contribution in [0.3, 0.4) is 0 Å². The van der Waals surface area contributed by atoms with Crippen LogP contribution >= 0.6 is 0 Å². The van der Waals surface area contributed by atoms with E-state index >= 15 is 0 Å². The summed E-state index contributed by atoms with van der Waals surface area (Å²) < 4.78 is 51.3. The Labute approximate surface area is 360 Å². The van der Waals surface area contributed by atoms with Crippen molar-refractivity contribution in [1.29, 1.82) is 0 Å². The molecule has 1 N–H and O–H groups in total. The number of carbonyl (C=O) groups is 5. The predicted molar refractivity (Wildman–Crippen MR) is 225 cm³/mol. The number of alkyl halides is 3. The minimum atomic E-state index is -4.52. The topological polar surface area (TPSA) is 116 Å². The van der Waals surface area contributed by atoms with Crippen LogP contribution in [0, 0.1) is 62.1 Å². The molecule has 8 nitrogen and oxygen atoms in total. The van der Waals surface area contributed by atoms with Crippen LogP contribution in [-0.4, -0.2) is 47.7 Å². The minimum Gasteiger partial charge on any atom is -0.464 e.